The van der Waals surface area contributed by atoms with Crippen molar-refractivity contribution in [3.63, 3.8) is 0 Å². The van der Waals surface area contributed by atoms with Crippen LogP contribution < -0.4 is 4.74 Å². The number of amides is 1. The van der Waals surface area contributed by atoms with E-state index in [2.05, 4.69) is 4.90 Å². The van der Waals surface area contributed by atoms with Gasteiger partial charge in [-0.2, -0.15) is 0 Å². The minimum atomic E-state index is -0.248. The van der Waals surface area contributed by atoms with Gasteiger partial charge in [-0.3, -0.25) is 9.69 Å². The molecule has 1 aliphatic heterocycles. The molecule has 0 saturated carbocycles. The number of nitrogens with zero attached hydrogens (tertiary/aromatic N) is 2. The summed E-state index contributed by atoms with van der Waals surface area (Å²) in [5.41, 5.74) is 3.36. The standard InChI is InChI=1S/C21H25FN2O2/c1-15-4-9-19(12-16(15)2)26-14-21(25)24-11-10-23(3)20(13-24)17-5-7-18(22)8-6-17/h4-9,12,20H,10-11,13-14H2,1-3H3. The summed E-state index contributed by atoms with van der Waals surface area (Å²) in [6.07, 6.45) is 0. The fourth-order valence-corrected chi connectivity index (χ4v) is 3.19. The maximum absolute atomic E-state index is 13.2. The highest BCUT2D eigenvalue weighted by atomic mass is 19.1. The van der Waals surface area contributed by atoms with Crippen molar-refractivity contribution in [3.8, 4) is 5.75 Å². The lowest BCUT2D eigenvalue weighted by Crippen LogP contribution is -2.50. The predicted octanol–water partition coefficient (Wildman–Crippen LogP) is 3.34. The van der Waals surface area contributed by atoms with Crippen LogP contribution in [0.15, 0.2) is 42.5 Å². The zero-order chi connectivity index (χ0) is 18.7. The largest absolute Gasteiger partial charge is 0.484 e. The molecule has 0 aliphatic carbocycles. The molecule has 138 valence electrons. The molecule has 1 unspecified atom stereocenters. The van der Waals surface area contributed by atoms with Gasteiger partial charge in [0.05, 0.1) is 6.04 Å². The Morgan fingerprint density at radius 1 is 1.12 bits per heavy atom. The van der Waals surface area contributed by atoms with Crippen LogP contribution in [0.5, 0.6) is 5.75 Å². The molecule has 0 radical (unpaired) electrons. The number of carbonyl (C=O) groups excluding carboxylic acids is 1. The highest BCUT2D eigenvalue weighted by Gasteiger charge is 2.28. The molecule has 0 N–H and O–H groups in total. The molecule has 5 heteroatoms. The number of rotatable bonds is 4. The average Bonchev–Trinajstić information content (AvgIpc) is 2.63. The number of halogens is 1. The van der Waals surface area contributed by atoms with Crippen molar-refractivity contribution >= 4 is 5.91 Å². The van der Waals surface area contributed by atoms with Crippen LogP contribution in [0.4, 0.5) is 4.39 Å². The monoisotopic (exact) mass is 356 g/mol. The number of likely N-dealkylation sites (N-methyl/N-ethyl adjacent to an activating group) is 1. The Kier molecular flexibility index (Phi) is 5.57. The molecule has 0 bridgehead atoms. The second kappa shape index (κ2) is 7.87. The summed E-state index contributed by atoms with van der Waals surface area (Å²) >= 11 is 0. The van der Waals surface area contributed by atoms with E-state index < -0.39 is 0 Å². The van der Waals surface area contributed by atoms with Crippen LogP contribution in [-0.2, 0) is 4.79 Å². The summed E-state index contributed by atoms with van der Waals surface area (Å²) < 4.78 is 18.9. The second-order valence-electron chi connectivity index (χ2n) is 6.92. The minimum absolute atomic E-state index is 0.0246. The molecular formula is C21H25FN2O2. The molecule has 1 atom stereocenters. The second-order valence-corrected chi connectivity index (χ2v) is 6.92. The first-order valence-corrected chi connectivity index (χ1v) is 8.87. The fraction of sp³-hybridized carbons (Fsp3) is 0.381. The number of aryl methyl sites for hydroxylation is 2. The first-order chi connectivity index (χ1) is 12.4. The van der Waals surface area contributed by atoms with E-state index in [-0.39, 0.29) is 24.4 Å². The van der Waals surface area contributed by atoms with E-state index in [1.807, 2.05) is 44.0 Å². The quantitative estimate of drug-likeness (QED) is 0.842. The van der Waals surface area contributed by atoms with Crippen LogP contribution in [0, 0.1) is 19.7 Å². The van der Waals surface area contributed by atoms with Crippen molar-refractivity contribution in [2.45, 2.75) is 19.9 Å². The highest BCUT2D eigenvalue weighted by Crippen LogP contribution is 2.24. The van der Waals surface area contributed by atoms with Crippen molar-refractivity contribution < 1.29 is 13.9 Å². The zero-order valence-corrected chi connectivity index (χ0v) is 15.5. The summed E-state index contributed by atoms with van der Waals surface area (Å²) in [4.78, 5) is 16.6. The van der Waals surface area contributed by atoms with E-state index >= 15 is 0 Å². The molecule has 0 aromatic heterocycles. The van der Waals surface area contributed by atoms with E-state index in [9.17, 15) is 9.18 Å². The Hall–Kier alpha value is -2.40. The summed E-state index contributed by atoms with van der Waals surface area (Å²) in [5.74, 6) is 0.441. The number of carbonyl (C=O) groups is 1. The van der Waals surface area contributed by atoms with Crippen molar-refractivity contribution in [1.29, 1.82) is 0 Å². The summed E-state index contributed by atoms with van der Waals surface area (Å²) in [6.45, 7) is 6.13. The molecular weight excluding hydrogens is 331 g/mol. The third-order valence-corrected chi connectivity index (χ3v) is 5.10. The lowest BCUT2D eigenvalue weighted by atomic mass is 10.0. The van der Waals surface area contributed by atoms with Gasteiger partial charge in [0.25, 0.3) is 5.91 Å². The van der Waals surface area contributed by atoms with Gasteiger partial charge in [-0.25, -0.2) is 4.39 Å². The van der Waals surface area contributed by atoms with E-state index in [0.29, 0.717) is 18.8 Å². The maximum atomic E-state index is 13.2. The fourth-order valence-electron chi connectivity index (χ4n) is 3.19. The number of piperazine rings is 1. The predicted molar refractivity (Wildman–Crippen MR) is 99.8 cm³/mol. The van der Waals surface area contributed by atoms with Gasteiger partial charge < -0.3 is 9.64 Å². The summed E-state index contributed by atoms with van der Waals surface area (Å²) in [5, 5.41) is 0. The van der Waals surface area contributed by atoms with E-state index in [1.54, 1.807) is 12.1 Å². The molecule has 1 amide bonds. The summed E-state index contributed by atoms with van der Waals surface area (Å²) in [7, 11) is 2.03. The molecule has 1 fully saturated rings. The molecule has 1 aliphatic rings. The van der Waals surface area contributed by atoms with Gasteiger partial charge in [0.2, 0.25) is 0 Å². The van der Waals surface area contributed by atoms with Crippen molar-refractivity contribution in [1.82, 2.24) is 9.80 Å². The van der Waals surface area contributed by atoms with Gasteiger partial charge in [0.15, 0.2) is 6.61 Å². The van der Waals surface area contributed by atoms with Crippen LogP contribution in [0.2, 0.25) is 0 Å². The first kappa shape index (κ1) is 18.4. The van der Waals surface area contributed by atoms with Gasteiger partial charge in [-0.05, 0) is 61.9 Å². The molecule has 1 saturated heterocycles. The zero-order valence-electron chi connectivity index (χ0n) is 15.5. The van der Waals surface area contributed by atoms with E-state index in [1.165, 1.54) is 17.7 Å². The third-order valence-electron chi connectivity index (χ3n) is 5.10. The van der Waals surface area contributed by atoms with Crippen LogP contribution in [0.1, 0.15) is 22.7 Å². The van der Waals surface area contributed by atoms with Crippen LogP contribution in [0.25, 0.3) is 0 Å². The van der Waals surface area contributed by atoms with Gasteiger partial charge >= 0.3 is 0 Å². The topological polar surface area (TPSA) is 32.8 Å². The first-order valence-electron chi connectivity index (χ1n) is 8.87. The van der Waals surface area contributed by atoms with Crippen LogP contribution >= 0.6 is 0 Å². The molecule has 3 rings (SSSR count). The minimum Gasteiger partial charge on any atom is -0.484 e. The maximum Gasteiger partial charge on any atom is 0.260 e. The lowest BCUT2D eigenvalue weighted by Gasteiger charge is -2.39. The van der Waals surface area contributed by atoms with E-state index in [4.69, 9.17) is 4.74 Å². The number of ether oxygens (including phenoxy) is 1. The smallest absolute Gasteiger partial charge is 0.260 e. The Labute approximate surface area is 154 Å². The van der Waals surface area contributed by atoms with Gasteiger partial charge in [0.1, 0.15) is 11.6 Å². The molecule has 2 aromatic carbocycles. The molecule has 2 aromatic rings. The third kappa shape index (κ3) is 4.22. The Morgan fingerprint density at radius 3 is 2.54 bits per heavy atom. The van der Waals surface area contributed by atoms with Gasteiger partial charge in [0, 0.05) is 19.6 Å². The van der Waals surface area contributed by atoms with Crippen LogP contribution in [0.3, 0.4) is 0 Å². The average molecular weight is 356 g/mol. The Morgan fingerprint density at radius 2 is 1.85 bits per heavy atom. The lowest BCUT2D eigenvalue weighted by molar-refractivity contribution is -0.136. The normalized spacial score (nSPS) is 18.0. The molecule has 1 heterocycles. The highest BCUT2D eigenvalue weighted by molar-refractivity contribution is 5.78. The number of hydrogen-bond donors (Lipinski definition) is 0. The number of hydrogen-bond acceptors (Lipinski definition) is 3. The van der Waals surface area contributed by atoms with Crippen LogP contribution in [-0.4, -0.2) is 49.0 Å². The molecule has 4 nitrogen and oxygen atoms in total. The van der Waals surface area contributed by atoms with Crippen molar-refractivity contribution in [2.24, 2.45) is 0 Å². The van der Waals surface area contributed by atoms with E-state index in [0.717, 1.165) is 17.7 Å². The summed E-state index contributed by atoms with van der Waals surface area (Å²) in [6, 6.07) is 12.4. The van der Waals surface area contributed by atoms with Crippen molar-refractivity contribution in [3.05, 3.63) is 65.0 Å². The van der Waals surface area contributed by atoms with Gasteiger partial charge in [-0.15, -0.1) is 0 Å². The number of benzene rings is 2. The van der Waals surface area contributed by atoms with Crippen molar-refractivity contribution in [2.75, 3.05) is 33.3 Å². The van der Waals surface area contributed by atoms with Gasteiger partial charge in [-0.1, -0.05) is 18.2 Å². The molecule has 26 heavy (non-hydrogen) atoms. The SMILES string of the molecule is Cc1ccc(OCC(=O)N2CCN(C)C(c3ccc(F)cc3)C2)cc1C. The molecule has 0 spiro atoms. The Balaban J connectivity index is 1.62. The Bertz CT molecular complexity index is 776.